The molecular formula is C25H31F3N4O3. The van der Waals surface area contributed by atoms with Crippen LogP contribution < -0.4 is 21.7 Å². The van der Waals surface area contributed by atoms with Crippen molar-refractivity contribution < 1.29 is 27.6 Å². The number of benzene rings is 2. The summed E-state index contributed by atoms with van der Waals surface area (Å²) in [6.45, 7) is 7.08. The molecule has 0 radical (unpaired) electrons. The van der Waals surface area contributed by atoms with Gasteiger partial charge in [0.05, 0.1) is 12.1 Å². The molecule has 1 unspecified atom stereocenters. The fraction of sp³-hybridized carbons (Fsp3) is 0.400. The maximum atomic E-state index is 12.9. The minimum absolute atomic E-state index is 0.0209. The summed E-state index contributed by atoms with van der Waals surface area (Å²) >= 11 is 0. The van der Waals surface area contributed by atoms with Gasteiger partial charge in [-0.25, -0.2) is 0 Å². The van der Waals surface area contributed by atoms with Crippen molar-refractivity contribution in [3.63, 3.8) is 0 Å². The van der Waals surface area contributed by atoms with Gasteiger partial charge >= 0.3 is 6.18 Å². The van der Waals surface area contributed by atoms with Gasteiger partial charge in [-0.1, -0.05) is 56.7 Å². The summed E-state index contributed by atoms with van der Waals surface area (Å²) in [5, 5.41) is 8.08. The topological polar surface area (TPSA) is 113 Å². The summed E-state index contributed by atoms with van der Waals surface area (Å²) < 4.78 is 38.7. The molecule has 190 valence electrons. The summed E-state index contributed by atoms with van der Waals surface area (Å²) in [7, 11) is 0. The van der Waals surface area contributed by atoms with E-state index in [9.17, 15) is 27.6 Å². The number of nitrogens with one attached hydrogen (secondary N) is 3. The van der Waals surface area contributed by atoms with E-state index in [1.54, 1.807) is 20.8 Å². The van der Waals surface area contributed by atoms with Gasteiger partial charge in [0, 0.05) is 18.7 Å². The van der Waals surface area contributed by atoms with Crippen molar-refractivity contribution in [3.05, 3.63) is 70.8 Å². The van der Waals surface area contributed by atoms with Crippen molar-refractivity contribution in [1.29, 1.82) is 0 Å². The van der Waals surface area contributed by atoms with Gasteiger partial charge in [0.25, 0.3) is 5.91 Å². The summed E-state index contributed by atoms with van der Waals surface area (Å²) in [6, 6.07) is 11.6. The van der Waals surface area contributed by atoms with Crippen LogP contribution in [0.2, 0.25) is 0 Å². The lowest BCUT2D eigenvalue weighted by Gasteiger charge is -2.43. The molecule has 1 atom stereocenters. The van der Waals surface area contributed by atoms with Crippen LogP contribution in [-0.4, -0.2) is 36.3 Å². The average molecular weight is 493 g/mol. The molecule has 10 heteroatoms. The SMILES string of the molecule is Cc1ccc(CNCC(NC(=O)CNC(=O)c2cccc(C(F)(F)F)c2)(C(N)=O)C(C)(C)C)cc1. The molecule has 2 aromatic rings. The third-order valence-corrected chi connectivity index (χ3v) is 5.76. The third kappa shape index (κ3) is 7.29. The number of halogens is 3. The molecule has 2 rings (SSSR count). The standard InChI is InChI=1S/C25H31F3N4O3/c1-16-8-10-17(11-9-16)13-30-15-24(22(29)35,23(2,3)4)32-20(33)14-31-21(34)18-6-5-7-19(12-18)25(26,27)28/h5-12,30H,13-15H2,1-4H3,(H2,29,35)(H,31,34)(H,32,33). The number of alkyl halides is 3. The number of hydrogen-bond donors (Lipinski definition) is 4. The molecule has 0 spiro atoms. The number of primary amides is 1. The Bertz CT molecular complexity index is 1060. The molecule has 0 fully saturated rings. The lowest BCUT2D eigenvalue weighted by atomic mass is 9.72. The molecule has 7 nitrogen and oxygen atoms in total. The first-order valence-corrected chi connectivity index (χ1v) is 11.0. The van der Waals surface area contributed by atoms with Crippen LogP contribution in [0.5, 0.6) is 0 Å². The zero-order chi connectivity index (χ0) is 26.4. The average Bonchev–Trinajstić information content (AvgIpc) is 2.76. The van der Waals surface area contributed by atoms with Crippen molar-refractivity contribution in [2.24, 2.45) is 11.1 Å². The van der Waals surface area contributed by atoms with Gasteiger partial charge in [0.2, 0.25) is 11.8 Å². The Balaban J connectivity index is 2.08. The molecule has 0 aliphatic carbocycles. The highest BCUT2D eigenvalue weighted by atomic mass is 19.4. The van der Waals surface area contributed by atoms with E-state index >= 15 is 0 Å². The number of hydrogen-bond acceptors (Lipinski definition) is 4. The van der Waals surface area contributed by atoms with Gasteiger partial charge in [0.1, 0.15) is 5.54 Å². The minimum Gasteiger partial charge on any atom is -0.368 e. The first-order valence-electron chi connectivity index (χ1n) is 11.0. The quantitative estimate of drug-likeness (QED) is 0.431. The fourth-order valence-corrected chi connectivity index (χ4v) is 3.50. The Hall–Kier alpha value is -3.40. The molecule has 35 heavy (non-hydrogen) atoms. The Morgan fingerprint density at radius 3 is 2.14 bits per heavy atom. The van der Waals surface area contributed by atoms with Crippen LogP contribution in [0.3, 0.4) is 0 Å². The number of amides is 3. The molecule has 0 saturated carbocycles. The van der Waals surface area contributed by atoms with E-state index in [1.807, 2.05) is 31.2 Å². The van der Waals surface area contributed by atoms with E-state index in [1.165, 1.54) is 6.07 Å². The smallest absolute Gasteiger partial charge is 0.368 e. The fourth-order valence-electron chi connectivity index (χ4n) is 3.50. The van der Waals surface area contributed by atoms with Crippen LogP contribution in [0, 0.1) is 12.3 Å². The Morgan fingerprint density at radius 2 is 1.60 bits per heavy atom. The third-order valence-electron chi connectivity index (χ3n) is 5.76. The zero-order valence-electron chi connectivity index (χ0n) is 20.2. The van der Waals surface area contributed by atoms with E-state index in [0.717, 1.165) is 23.3 Å². The second-order valence-corrected chi connectivity index (χ2v) is 9.42. The molecule has 2 aromatic carbocycles. The number of rotatable bonds is 9. The monoisotopic (exact) mass is 492 g/mol. The zero-order valence-corrected chi connectivity index (χ0v) is 20.2. The normalized spacial score (nSPS) is 13.6. The van der Waals surface area contributed by atoms with Crippen LogP contribution in [0.25, 0.3) is 0 Å². The molecule has 5 N–H and O–H groups in total. The summed E-state index contributed by atoms with van der Waals surface area (Å²) in [6.07, 6.45) is -4.60. The van der Waals surface area contributed by atoms with E-state index in [0.29, 0.717) is 12.6 Å². The summed E-state index contributed by atoms with van der Waals surface area (Å²) in [4.78, 5) is 37.6. The molecule has 3 amide bonds. The van der Waals surface area contributed by atoms with Gasteiger partial charge in [-0.15, -0.1) is 0 Å². The predicted octanol–water partition coefficient (Wildman–Crippen LogP) is 2.92. The molecule has 0 bridgehead atoms. The summed E-state index contributed by atoms with van der Waals surface area (Å²) in [5.41, 5.74) is 4.27. The minimum atomic E-state index is -4.60. The van der Waals surface area contributed by atoms with Crippen molar-refractivity contribution in [2.45, 2.75) is 46.0 Å². The van der Waals surface area contributed by atoms with Crippen molar-refractivity contribution in [2.75, 3.05) is 13.1 Å². The molecule has 0 aliphatic rings. The maximum Gasteiger partial charge on any atom is 0.416 e. The van der Waals surface area contributed by atoms with E-state index in [2.05, 4.69) is 16.0 Å². The van der Waals surface area contributed by atoms with Crippen molar-refractivity contribution in [3.8, 4) is 0 Å². The van der Waals surface area contributed by atoms with Crippen molar-refractivity contribution in [1.82, 2.24) is 16.0 Å². The van der Waals surface area contributed by atoms with E-state index < -0.39 is 47.0 Å². The number of carbonyl (C=O) groups is 3. The van der Waals surface area contributed by atoms with Gasteiger partial charge in [-0.2, -0.15) is 13.2 Å². The number of aryl methyl sites for hydroxylation is 1. The van der Waals surface area contributed by atoms with Crippen LogP contribution >= 0.6 is 0 Å². The molecule has 0 heterocycles. The molecular weight excluding hydrogens is 461 g/mol. The number of carbonyl (C=O) groups excluding carboxylic acids is 3. The number of nitrogens with two attached hydrogens (primary N) is 1. The van der Waals surface area contributed by atoms with Gasteiger partial charge in [-0.3, -0.25) is 14.4 Å². The predicted molar refractivity (Wildman–Crippen MR) is 126 cm³/mol. The first-order chi connectivity index (χ1) is 16.2. The second-order valence-electron chi connectivity index (χ2n) is 9.42. The molecule has 0 aromatic heterocycles. The van der Waals surface area contributed by atoms with E-state index in [4.69, 9.17) is 5.73 Å². The largest absolute Gasteiger partial charge is 0.416 e. The second kappa shape index (κ2) is 10.9. The van der Waals surface area contributed by atoms with Crippen LogP contribution in [0.15, 0.2) is 48.5 Å². The highest BCUT2D eigenvalue weighted by Crippen LogP contribution is 2.31. The van der Waals surface area contributed by atoms with Crippen LogP contribution in [0.1, 0.15) is 47.8 Å². The van der Waals surface area contributed by atoms with Crippen LogP contribution in [0.4, 0.5) is 13.2 Å². The maximum absolute atomic E-state index is 12.9. The molecule has 0 aliphatic heterocycles. The Labute approximate surface area is 202 Å². The van der Waals surface area contributed by atoms with Gasteiger partial charge < -0.3 is 21.7 Å². The Morgan fingerprint density at radius 1 is 0.971 bits per heavy atom. The first kappa shape index (κ1) is 27.8. The van der Waals surface area contributed by atoms with Gasteiger partial charge in [0.15, 0.2) is 0 Å². The summed E-state index contributed by atoms with van der Waals surface area (Å²) in [5.74, 6) is -2.33. The van der Waals surface area contributed by atoms with Crippen molar-refractivity contribution >= 4 is 17.7 Å². The van der Waals surface area contributed by atoms with Crippen LogP contribution in [-0.2, 0) is 22.3 Å². The highest BCUT2D eigenvalue weighted by molar-refractivity contribution is 5.98. The Kier molecular flexibility index (Phi) is 8.67. The lowest BCUT2D eigenvalue weighted by Crippen LogP contribution is -2.69. The highest BCUT2D eigenvalue weighted by Gasteiger charge is 2.48. The van der Waals surface area contributed by atoms with Gasteiger partial charge in [-0.05, 0) is 36.1 Å². The van der Waals surface area contributed by atoms with E-state index in [-0.39, 0.29) is 12.1 Å². The molecule has 0 saturated heterocycles. The lowest BCUT2D eigenvalue weighted by molar-refractivity contribution is -0.137.